The van der Waals surface area contributed by atoms with Gasteiger partial charge in [0.25, 0.3) is 5.91 Å². The zero-order valence-corrected chi connectivity index (χ0v) is 11.4. The molecule has 0 saturated carbocycles. The second kappa shape index (κ2) is 4.90. The molecule has 0 radical (unpaired) electrons. The number of nitrogens with zero attached hydrogens (tertiary/aromatic N) is 1. The summed E-state index contributed by atoms with van der Waals surface area (Å²) < 4.78 is 0. The number of nitrogens with one attached hydrogen (secondary N) is 1. The van der Waals surface area contributed by atoms with Gasteiger partial charge in [0.2, 0.25) is 0 Å². The second-order valence-electron chi connectivity index (χ2n) is 3.63. The van der Waals surface area contributed by atoms with Crippen LogP contribution in [0, 0.1) is 6.92 Å². The number of hydroxylamine groups is 1. The van der Waals surface area contributed by atoms with Crippen molar-refractivity contribution in [3.63, 3.8) is 0 Å². The van der Waals surface area contributed by atoms with Crippen LogP contribution in [0.3, 0.4) is 0 Å². The van der Waals surface area contributed by atoms with E-state index in [0.29, 0.717) is 16.6 Å². The van der Waals surface area contributed by atoms with Crippen LogP contribution in [-0.2, 0) is 0 Å². The summed E-state index contributed by atoms with van der Waals surface area (Å²) in [5, 5.41) is 9.72. The van der Waals surface area contributed by atoms with Crippen LogP contribution >= 0.6 is 34.8 Å². The fourth-order valence-corrected chi connectivity index (χ4v) is 2.42. The molecular weight excluding hydrogens is 298 g/mol. The van der Waals surface area contributed by atoms with E-state index in [9.17, 15) is 4.79 Å². The van der Waals surface area contributed by atoms with E-state index in [2.05, 4.69) is 4.98 Å². The highest BCUT2D eigenvalue weighted by molar-refractivity contribution is 6.48. The summed E-state index contributed by atoms with van der Waals surface area (Å²) in [5.74, 6) is -0.703. The van der Waals surface area contributed by atoms with Gasteiger partial charge >= 0.3 is 0 Å². The van der Waals surface area contributed by atoms with Crippen LogP contribution in [0.15, 0.2) is 12.1 Å². The molecule has 0 fully saturated rings. The Kier molecular flexibility index (Phi) is 3.64. The van der Waals surface area contributed by atoms with Crippen molar-refractivity contribution < 1.29 is 10.0 Å². The maximum atomic E-state index is 11.6. The third-order valence-electron chi connectivity index (χ3n) is 2.40. The number of fused-ring (bicyclic) bond motifs is 1. The van der Waals surface area contributed by atoms with Crippen molar-refractivity contribution in [2.45, 2.75) is 6.92 Å². The number of carbonyl (C=O) groups excluding carboxylic acids is 1. The smallest absolute Gasteiger partial charge is 0.275 e. The van der Waals surface area contributed by atoms with Crippen molar-refractivity contribution in [3.05, 3.63) is 38.5 Å². The maximum Gasteiger partial charge on any atom is 0.275 e. The van der Waals surface area contributed by atoms with Crippen LogP contribution in [0.4, 0.5) is 0 Å². The zero-order valence-electron chi connectivity index (χ0n) is 9.09. The normalized spacial score (nSPS) is 10.7. The van der Waals surface area contributed by atoms with E-state index in [0.717, 1.165) is 0 Å². The summed E-state index contributed by atoms with van der Waals surface area (Å²) in [4.78, 5) is 15.8. The Morgan fingerprint density at radius 3 is 2.56 bits per heavy atom. The number of amides is 1. The fraction of sp³-hybridized carbons (Fsp3) is 0.0909. The quantitative estimate of drug-likeness (QED) is 0.480. The standard InChI is InChI=1S/C11H7Cl3N2O2/c1-4-2-5(11(17)16-18)8-9(14)6(12)3-7(13)10(8)15-4/h2-3,18H,1H3,(H,16,17). The summed E-state index contributed by atoms with van der Waals surface area (Å²) >= 11 is 18.0. The van der Waals surface area contributed by atoms with Crippen LogP contribution in [0.2, 0.25) is 15.1 Å². The highest BCUT2D eigenvalue weighted by Crippen LogP contribution is 2.37. The lowest BCUT2D eigenvalue weighted by molar-refractivity contribution is 0.0708. The molecule has 0 bridgehead atoms. The second-order valence-corrected chi connectivity index (χ2v) is 4.82. The average Bonchev–Trinajstić information content (AvgIpc) is 2.34. The molecule has 0 spiro atoms. The summed E-state index contributed by atoms with van der Waals surface area (Å²) in [7, 11) is 0. The lowest BCUT2D eigenvalue weighted by Gasteiger charge is -2.10. The van der Waals surface area contributed by atoms with E-state index in [1.807, 2.05) is 0 Å². The van der Waals surface area contributed by atoms with Crippen molar-refractivity contribution >= 4 is 51.6 Å². The first-order chi connectivity index (χ1) is 8.45. The number of benzene rings is 1. The number of hydrogen-bond acceptors (Lipinski definition) is 3. The molecule has 0 saturated heterocycles. The van der Waals surface area contributed by atoms with Gasteiger partial charge in [0, 0.05) is 11.1 Å². The van der Waals surface area contributed by atoms with E-state index in [-0.39, 0.29) is 20.6 Å². The van der Waals surface area contributed by atoms with Gasteiger partial charge in [-0.15, -0.1) is 0 Å². The predicted molar refractivity (Wildman–Crippen MR) is 70.8 cm³/mol. The van der Waals surface area contributed by atoms with Gasteiger partial charge in [-0.1, -0.05) is 34.8 Å². The van der Waals surface area contributed by atoms with E-state index in [1.54, 1.807) is 12.4 Å². The molecular formula is C11H7Cl3N2O2. The predicted octanol–water partition coefficient (Wildman–Crippen LogP) is 3.62. The average molecular weight is 306 g/mol. The fourth-order valence-electron chi connectivity index (χ4n) is 1.67. The van der Waals surface area contributed by atoms with E-state index in [1.165, 1.54) is 12.1 Å². The molecule has 7 heteroatoms. The van der Waals surface area contributed by atoms with Gasteiger partial charge in [0.05, 0.1) is 26.1 Å². The van der Waals surface area contributed by atoms with Gasteiger partial charge in [-0.25, -0.2) is 5.48 Å². The molecule has 2 rings (SSSR count). The molecule has 94 valence electrons. The minimum Gasteiger partial charge on any atom is -0.288 e. The van der Waals surface area contributed by atoms with Crippen LogP contribution in [0.5, 0.6) is 0 Å². The lowest BCUT2D eigenvalue weighted by Crippen LogP contribution is -2.19. The first-order valence-electron chi connectivity index (χ1n) is 4.85. The number of hydrogen-bond donors (Lipinski definition) is 2. The molecule has 0 aliphatic rings. The highest BCUT2D eigenvalue weighted by Gasteiger charge is 2.18. The molecule has 1 aromatic carbocycles. The first kappa shape index (κ1) is 13.4. The number of rotatable bonds is 1. The third kappa shape index (κ3) is 2.12. The Bertz CT molecular complexity index is 659. The Balaban J connectivity index is 2.97. The number of pyridine rings is 1. The number of carbonyl (C=O) groups is 1. The molecule has 1 amide bonds. The lowest BCUT2D eigenvalue weighted by atomic mass is 10.1. The Morgan fingerprint density at radius 2 is 1.94 bits per heavy atom. The molecule has 0 atom stereocenters. The van der Waals surface area contributed by atoms with E-state index >= 15 is 0 Å². The minimum atomic E-state index is -0.703. The van der Waals surface area contributed by atoms with Gasteiger partial charge in [-0.2, -0.15) is 0 Å². The monoisotopic (exact) mass is 304 g/mol. The molecule has 2 aromatic rings. The van der Waals surface area contributed by atoms with Crippen LogP contribution < -0.4 is 5.48 Å². The summed E-state index contributed by atoms with van der Waals surface area (Å²) in [5.41, 5.74) is 2.65. The maximum absolute atomic E-state index is 11.6. The minimum absolute atomic E-state index is 0.161. The zero-order chi connectivity index (χ0) is 13.4. The van der Waals surface area contributed by atoms with Gasteiger partial charge in [-0.3, -0.25) is 15.0 Å². The van der Waals surface area contributed by atoms with Crippen molar-refractivity contribution in [1.29, 1.82) is 0 Å². The van der Waals surface area contributed by atoms with Gasteiger partial charge in [0.15, 0.2) is 0 Å². The summed E-state index contributed by atoms with van der Waals surface area (Å²) in [6.45, 7) is 1.70. The Hall–Kier alpha value is -1.07. The van der Waals surface area contributed by atoms with Crippen molar-refractivity contribution in [3.8, 4) is 0 Å². The highest BCUT2D eigenvalue weighted by atomic mass is 35.5. The Morgan fingerprint density at radius 1 is 1.28 bits per heavy atom. The number of aryl methyl sites for hydroxylation is 1. The van der Waals surface area contributed by atoms with E-state index < -0.39 is 5.91 Å². The molecule has 18 heavy (non-hydrogen) atoms. The molecule has 1 aromatic heterocycles. The van der Waals surface area contributed by atoms with Crippen molar-refractivity contribution in [2.24, 2.45) is 0 Å². The van der Waals surface area contributed by atoms with Gasteiger partial charge in [0.1, 0.15) is 0 Å². The number of aromatic nitrogens is 1. The van der Waals surface area contributed by atoms with Gasteiger partial charge < -0.3 is 0 Å². The SMILES string of the molecule is Cc1cc(C(=O)NO)c2c(Cl)c(Cl)cc(Cl)c2n1. The molecule has 1 heterocycles. The first-order valence-corrected chi connectivity index (χ1v) is 5.98. The van der Waals surface area contributed by atoms with Crippen molar-refractivity contribution in [2.75, 3.05) is 0 Å². The van der Waals surface area contributed by atoms with Crippen LogP contribution in [-0.4, -0.2) is 16.1 Å². The van der Waals surface area contributed by atoms with Gasteiger partial charge in [-0.05, 0) is 19.1 Å². The van der Waals surface area contributed by atoms with Crippen LogP contribution in [0.25, 0.3) is 10.9 Å². The van der Waals surface area contributed by atoms with Crippen LogP contribution in [0.1, 0.15) is 16.1 Å². The van der Waals surface area contributed by atoms with E-state index in [4.69, 9.17) is 40.0 Å². The molecule has 0 unspecified atom stereocenters. The molecule has 0 aliphatic heterocycles. The number of halogens is 3. The summed E-state index contributed by atoms with van der Waals surface area (Å²) in [6, 6.07) is 2.95. The molecule has 4 nitrogen and oxygen atoms in total. The third-order valence-corrected chi connectivity index (χ3v) is 3.48. The topological polar surface area (TPSA) is 62.2 Å². The molecule has 0 aliphatic carbocycles. The largest absolute Gasteiger partial charge is 0.288 e. The van der Waals surface area contributed by atoms with Crippen molar-refractivity contribution in [1.82, 2.24) is 10.5 Å². The Labute approximate surface area is 117 Å². The molecule has 2 N–H and O–H groups in total. The summed E-state index contributed by atoms with van der Waals surface area (Å²) in [6.07, 6.45) is 0.